The summed E-state index contributed by atoms with van der Waals surface area (Å²) in [5, 5.41) is 4.56. The number of nitrogens with zero attached hydrogens (tertiary/aromatic N) is 2. The molecule has 0 fully saturated rings. The van der Waals surface area contributed by atoms with Crippen molar-refractivity contribution in [3.05, 3.63) is 47.3 Å². The average Bonchev–Trinajstić information content (AvgIpc) is 2.95. The van der Waals surface area contributed by atoms with Crippen LogP contribution in [0.4, 0.5) is 0 Å². The van der Waals surface area contributed by atoms with Gasteiger partial charge >= 0.3 is 0 Å². The van der Waals surface area contributed by atoms with Crippen LogP contribution in [0, 0.1) is 6.92 Å². The molecule has 1 heterocycles. The van der Waals surface area contributed by atoms with E-state index in [4.69, 9.17) is 10.5 Å². The Morgan fingerprint density at radius 3 is 2.86 bits per heavy atom. The molecule has 0 bridgehead atoms. The minimum atomic E-state index is 0.422. The molecule has 21 heavy (non-hydrogen) atoms. The number of aromatic nitrogens is 2. The zero-order chi connectivity index (χ0) is 15.2. The van der Waals surface area contributed by atoms with Gasteiger partial charge in [-0.2, -0.15) is 5.10 Å². The zero-order valence-corrected chi connectivity index (χ0v) is 13.2. The van der Waals surface area contributed by atoms with Crippen LogP contribution in [-0.2, 0) is 13.0 Å². The van der Waals surface area contributed by atoms with Crippen LogP contribution < -0.4 is 10.5 Å². The molecule has 2 aromatic rings. The topological polar surface area (TPSA) is 53.1 Å². The summed E-state index contributed by atoms with van der Waals surface area (Å²) >= 11 is 0. The van der Waals surface area contributed by atoms with Crippen LogP contribution in [0.25, 0.3) is 0 Å². The van der Waals surface area contributed by atoms with Gasteiger partial charge in [-0.1, -0.05) is 24.6 Å². The maximum atomic E-state index is 5.93. The van der Waals surface area contributed by atoms with Gasteiger partial charge in [0.15, 0.2) is 0 Å². The van der Waals surface area contributed by atoms with E-state index in [1.54, 1.807) is 0 Å². The van der Waals surface area contributed by atoms with Crippen molar-refractivity contribution in [1.82, 2.24) is 9.78 Å². The molecular formula is C17H25N3O. The Morgan fingerprint density at radius 1 is 1.33 bits per heavy atom. The molecule has 0 spiro atoms. The number of nitrogens with two attached hydrogens (primary N) is 1. The largest absolute Gasteiger partial charge is 0.487 e. The van der Waals surface area contributed by atoms with Gasteiger partial charge in [-0.15, -0.1) is 0 Å². The number of aryl methyl sites for hydroxylation is 1. The van der Waals surface area contributed by atoms with Crippen LogP contribution in [0.2, 0.25) is 0 Å². The number of benzene rings is 1. The third kappa shape index (κ3) is 4.08. The molecule has 0 radical (unpaired) electrons. The lowest BCUT2D eigenvalue weighted by Gasteiger charge is -2.11. The van der Waals surface area contributed by atoms with Crippen molar-refractivity contribution in [2.45, 2.75) is 46.3 Å². The molecule has 0 aliphatic rings. The first-order chi connectivity index (χ1) is 10.1. The maximum Gasteiger partial charge on any atom is 0.132 e. The fourth-order valence-electron chi connectivity index (χ4n) is 2.24. The maximum absolute atomic E-state index is 5.93. The Balaban J connectivity index is 2.04. The highest BCUT2D eigenvalue weighted by molar-refractivity contribution is 5.37. The van der Waals surface area contributed by atoms with E-state index < -0.39 is 0 Å². The monoisotopic (exact) mass is 287 g/mol. The summed E-state index contributed by atoms with van der Waals surface area (Å²) in [6.45, 7) is 7.52. The van der Waals surface area contributed by atoms with Gasteiger partial charge in [0.1, 0.15) is 12.4 Å². The van der Waals surface area contributed by atoms with Gasteiger partial charge < -0.3 is 10.5 Å². The average molecular weight is 287 g/mol. The minimum absolute atomic E-state index is 0.422. The molecule has 2 N–H and O–H groups in total. The molecule has 4 heteroatoms. The lowest BCUT2D eigenvalue weighted by atomic mass is 10.1. The third-order valence-electron chi connectivity index (χ3n) is 3.71. The summed E-state index contributed by atoms with van der Waals surface area (Å²) in [5.74, 6) is 0.907. The summed E-state index contributed by atoms with van der Waals surface area (Å²) in [6.07, 6.45) is 3.92. The molecule has 114 valence electrons. The van der Waals surface area contributed by atoms with E-state index in [0.29, 0.717) is 19.2 Å². The van der Waals surface area contributed by atoms with Crippen LogP contribution in [0.3, 0.4) is 0 Å². The molecule has 0 aliphatic carbocycles. The second-order valence-corrected chi connectivity index (χ2v) is 5.48. The predicted molar refractivity (Wildman–Crippen MR) is 85.5 cm³/mol. The molecule has 0 aliphatic heterocycles. The molecule has 1 unspecified atom stereocenters. The third-order valence-corrected chi connectivity index (χ3v) is 3.71. The molecule has 0 saturated heterocycles. The molecule has 1 atom stereocenters. The fraction of sp³-hybridized carbons (Fsp3) is 0.471. The summed E-state index contributed by atoms with van der Waals surface area (Å²) in [4.78, 5) is 0. The zero-order valence-electron chi connectivity index (χ0n) is 13.2. The van der Waals surface area contributed by atoms with Crippen molar-refractivity contribution >= 4 is 0 Å². The van der Waals surface area contributed by atoms with Crippen molar-refractivity contribution in [2.24, 2.45) is 5.73 Å². The molecule has 0 saturated carbocycles. The molecule has 1 aromatic carbocycles. The van der Waals surface area contributed by atoms with E-state index in [1.807, 2.05) is 23.0 Å². The van der Waals surface area contributed by atoms with E-state index >= 15 is 0 Å². The first-order valence-corrected chi connectivity index (χ1v) is 7.60. The van der Waals surface area contributed by atoms with Crippen LogP contribution >= 0.6 is 0 Å². The van der Waals surface area contributed by atoms with Gasteiger partial charge in [-0.05, 0) is 50.9 Å². The van der Waals surface area contributed by atoms with Crippen LogP contribution in [0.5, 0.6) is 5.75 Å². The number of rotatable bonds is 7. The van der Waals surface area contributed by atoms with E-state index in [2.05, 4.69) is 38.0 Å². The van der Waals surface area contributed by atoms with Gasteiger partial charge in [0.2, 0.25) is 0 Å². The Morgan fingerprint density at radius 2 is 2.14 bits per heavy atom. The highest BCUT2D eigenvalue weighted by Gasteiger charge is 2.07. The molecule has 1 aromatic heterocycles. The Kier molecular flexibility index (Phi) is 5.39. The first-order valence-electron chi connectivity index (χ1n) is 7.60. The lowest BCUT2D eigenvalue weighted by Crippen LogP contribution is -2.07. The predicted octanol–water partition coefficient (Wildman–Crippen LogP) is 3.24. The van der Waals surface area contributed by atoms with Gasteiger partial charge in [-0.25, -0.2) is 0 Å². The van der Waals surface area contributed by atoms with E-state index in [-0.39, 0.29) is 0 Å². The summed E-state index contributed by atoms with van der Waals surface area (Å²) in [6, 6.07) is 8.66. The Labute approximate surface area is 126 Å². The second-order valence-electron chi connectivity index (χ2n) is 5.48. The van der Waals surface area contributed by atoms with Crippen molar-refractivity contribution in [3.8, 4) is 5.75 Å². The number of hydrogen-bond acceptors (Lipinski definition) is 3. The molecule has 4 nitrogen and oxygen atoms in total. The van der Waals surface area contributed by atoms with Crippen molar-refractivity contribution in [3.63, 3.8) is 0 Å². The second kappa shape index (κ2) is 7.27. The minimum Gasteiger partial charge on any atom is -0.487 e. The van der Waals surface area contributed by atoms with Gasteiger partial charge in [0, 0.05) is 12.2 Å². The Bertz CT molecular complexity index is 577. The first kappa shape index (κ1) is 15.6. The SMILES string of the molecule is CCC(C)n1ccc(COc2ccc(C)cc2CCN)n1. The molecule has 0 amide bonds. The standard InChI is InChI=1S/C17H25N3O/c1-4-14(3)20-10-8-16(19-20)12-21-17-6-5-13(2)11-15(17)7-9-18/h5-6,8,10-11,14H,4,7,9,12,18H2,1-3H3. The van der Waals surface area contributed by atoms with E-state index in [1.165, 1.54) is 11.1 Å². The number of hydrogen-bond donors (Lipinski definition) is 1. The van der Waals surface area contributed by atoms with Crippen molar-refractivity contribution in [1.29, 1.82) is 0 Å². The lowest BCUT2D eigenvalue weighted by molar-refractivity contribution is 0.295. The fourth-order valence-corrected chi connectivity index (χ4v) is 2.24. The molecule has 2 rings (SSSR count). The highest BCUT2D eigenvalue weighted by atomic mass is 16.5. The smallest absolute Gasteiger partial charge is 0.132 e. The van der Waals surface area contributed by atoms with Gasteiger partial charge in [0.05, 0.1) is 5.69 Å². The summed E-state index contributed by atoms with van der Waals surface area (Å²) in [7, 11) is 0. The number of ether oxygens (including phenoxy) is 1. The quantitative estimate of drug-likeness (QED) is 0.850. The van der Waals surface area contributed by atoms with Gasteiger partial charge in [0.25, 0.3) is 0 Å². The van der Waals surface area contributed by atoms with Crippen LogP contribution in [-0.4, -0.2) is 16.3 Å². The van der Waals surface area contributed by atoms with Gasteiger partial charge in [-0.3, -0.25) is 4.68 Å². The summed E-state index contributed by atoms with van der Waals surface area (Å²) in [5.41, 5.74) is 9.01. The normalized spacial score (nSPS) is 12.4. The van der Waals surface area contributed by atoms with Crippen LogP contribution in [0.1, 0.15) is 43.1 Å². The van der Waals surface area contributed by atoms with Crippen molar-refractivity contribution in [2.75, 3.05) is 6.54 Å². The Hall–Kier alpha value is -1.81. The summed E-state index contributed by atoms with van der Waals surface area (Å²) < 4.78 is 7.92. The van der Waals surface area contributed by atoms with Crippen LogP contribution in [0.15, 0.2) is 30.5 Å². The van der Waals surface area contributed by atoms with E-state index in [9.17, 15) is 0 Å². The van der Waals surface area contributed by atoms with E-state index in [0.717, 1.165) is 24.3 Å². The molecular weight excluding hydrogens is 262 g/mol. The van der Waals surface area contributed by atoms with Crippen molar-refractivity contribution < 1.29 is 4.74 Å². The highest BCUT2D eigenvalue weighted by Crippen LogP contribution is 2.21.